The number of aromatic nitrogens is 2. The van der Waals surface area contributed by atoms with Gasteiger partial charge in [-0.25, -0.2) is 9.78 Å². The number of ether oxygens (including phenoxy) is 2. The van der Waals surface area contributed by atoms with Gasteiger partial charge in [-0.15, -0.1) is 0 Å². The molecule has 4 rings (SSSR count). The second kappa shape index (κ2) is 10.7. The number of hydrogen-bond donors (Lipinski definition) is 3. The fraction of sp³-hybridized carbons (Fsp3) is 0.400. The van der Waals surface area contributed by atoms with Gasteiger partial charge < -0.3 is 29.8 Å². The smallest absolute Gasteiger partial charge is 0.356 e. The summed E-state index contributed by atoms with van der Waals surface area (Å²) in [6.45, 7) is 3.12. The van der Waals surface area contributed by atoms with Crippen LogP contribution in [-0.2, 0) is 16.0 Å². The molecule has 9 heteroatoms. The zero-order valence-electron chi connectivity index (χ0n) is 19.4. The van der Waals surface area contributed by atoms with Crippen LogP contribution >= 0.6 is 0 Å². The Balaban J connectivity index is 1.83. The lowest BCUT2D eigenvalue weighted by Crippen LogP contribution is -2.21. The molecule has 9 nitrogen and oxygen atoms in total. The number of nitrogens with zero attached hydrogens (tertiary/aromatic N) is 2. The van der Waals surface area contributed by atoms with Gasteiger partial charge >= 0.3 is 5.97 Å². The number of rotatable bonds is 9. The second-order valence-corrected chi connectivity index (χ2v) is 8.43. The van der Waals surface area contributed by atoms with E-state index in [0.29, 0.717) is 47.5 Å². The average molecular weight is 467 g/mol. The first kappa shape index (κ1) is 23.7. The van der Waals surface area contributed by atoms with Crippen LogP contribution in [0.4, 0.5) is 11.4 Å². The quantitative estimate of drug-likeness (QED) is 0.414. The van der Waals surface area contributed by atoms with Gasteiger partial charge in [-0.2, -0.15) is 0 Å². The van der Waals surface area contributed by atoms with Gasteiger partial charge in [-0.1, -0.05) is 18.2 Å². The Morgan fingerprint density at radius 3 is 2.79 bits per heavy atom. The lowest BCUT2D eigenvalue weighted by Gasteiger charge is -2.15. The molecular formula is C25H30N4O5. The third kappa shape index (κ3) is 5.05. The highest BCUT2D eigenvalue weighted by Crippen LogP contribution is 2.34. The zero-order valence-corrected chi connectivity index (χ0v) is 19.4. The van der Waals surface area contributed by atoms with Crippen LogP contribution in [0.2, 0.25) is 0 Å². The van der Waals surface area contributed by atoms with Gasteiger partial charge in [-0.3, -0.25) is 4.79 Å². The first-order chi connectivity index (χ1) is 16.5. The summed E-state index contributed by atoms with van der Waals surface area (Å²) < 4.78 is 12.7. The van der Waals surface area contributed by atoms with Crippen molar-refractivity contribution in [3.63, 3.8) is 0 Å². The number of aliphatic hydroxyl groups excluding tert-OH is 1. The molecule has 34 heavy (non-hydrogen) atoms. The van der Waals surface area contributed by atoms with Gasteiger partial charge in [0.05, 0.1) is 37.3 Å². The largest absolute Gasteiger partial charge is 0.464 e. The van der Waals surface area contributed by atoms with Crippen molar-refractivity contribution >= 4 is 34.3 Å². The number of benzene rings is 1. The van der Waals surface area contributed by atoms with Crippen molar-refractivity contribution in [2.45, 2.75) is 44.9 Å². The Kier molecular flexibility index (Phi) is 7.44. The maximum Gasteiger partial charge on any atom is 0.356 e. The third-order valence-electron chi connectivity index (χ3n) is 5.94. The predicted molar refractivity (Wildman–Crippen MR) is 129 cm³/mol. The van der Waals surface area contributed by atoms with Crippen molar-refractivity contribution in [2.24, 2.45) is 0 Å². The molecule has 1 aromatic carbocycles. The number of fused-ring (bicyclic) bond motifs is 1. The molecule has 0 saturated carbocycles. The molecule has 0 bridgehead atoms. The van der Waals surface area contributed by atoms with E-state index in [0.717, 1.165) is 12.8 Å². The number of esters is 1. The van der Waals surface area contributed by atoms with E-state index >= 15 is 0 Å². The monoisotopic (exact) mass is 466 g/mol. The molecule has 0 unspecified atom stereocenters. The summed E-state index contributed by atoms with van der Waals surface area (Å²) in [4.78, 5) is 30.7. The molecule has 180 valence electrons. The molecule has 2 aromatic heterocycles. The molecular weight excluding hydrogens is 436 g/mol. The third-order valence-corrected chi connectivity index (χ3v) is 5.94. The number of methoxy groups -OCH3 is 1. The van der Waals surface area contributed by atoms with Gasteiger partial charge in [0, 0.05) is 30.2 Å². The molecule has 2 atom stereocenters. The van der Waals surface area contributed by atoms with Crippen molar-refractivity contribution in [1.29, 1.82) is 0 Å². The number of pyridine rings is 1. The molecule has 1 saturated heterocycles. The normalized spacial score (nSPS) is 16.4. The standard InChI is InChI=1S/C25H30N4O5/c1-16(10-11-30)27-18-13-20-21(28-24(31)17-7-4-3-5-8-17)22(25(32)33-2)29(23(20)26-14-18)15-19-9-6-12-34-19/h3-5,7-8,13-14,16,19,27,30H,6,9-12,15H2,1-2H3,(H,28,31)/t16-,19-/m0/s1. The van der Waals surface area contributed by atoms with Gasteiger partial charge in [0.25, 0.3) is 5.91 Å². The van der Waals surface area contributed by atoms with E-state index in [1.54, 1.807) is 35.0 Å². The van der Waals surface area contributed by atoms with Gasteiger partial charge in [0.15, 0.2) is 5.69 Å². The number of carbonyl (C=O) groups excluding carboxylic acids is 2. The molecule has 3 heterocycles. The molecule has 0 radical (unpaired) electrons. The minimum absolute atomic E-state index is 0.0145. The lowest BCUT2D eigenvalue weighted by atomic mass is 10.2. The summed E-state index contributed by atoms with van der Waals surface area (Å²) in [5, 5.41) is 16.1. The van der Waals surface area contributed by atoms with E-state index < -0.39 is 5.97 Å². The minimum atomic E-state index is -0.567. The molecule has 3 aromatic rings. The van der Waals surface area contributed by atoms with Crippen LogP contribution < -0.4 is 10.6 Å². The summed E-state index contributed by atoms with van der Waals surface area (Å²) in [7, 11) is 1.32. The molecule has 1 fully saturated rings. The highest BCUT2D eigenvalue weighted by Gasteiger charge is 2.29. The van der Waals surface area contributed by atoms with Crippen molar-refractivity contribution < 1.29 is 24.2 Å². The number of anilines is 2. The second-order valence-electron chi connectivity index (χ2n) is 8.43. The molecule has 1 aliphatic heterocycles. The van der Waals surface area contributed by atoms with Crippen molar-refractivity contribution in [2.75, 3.05) is 31.0 Å². The number of amides is 1. The zero-order chi connectivity index (χ0) is 24.1. The van der Waals surface area contributed by atoms with Crippen LogP contribution in [0, 0.1) is 0 Å². The van der Waals surface area contributed by atoms with Crippen LogP contribution in [0.25, 0.3) is 11.0 Å². The van der Waals surface area contributed by atoms with Gasteiger partial charge in [0.2, 0.25) is 0 Å². The summed E-state index contributed by atoms with van der Waals surface area (Å²) in [6.07, 6.45) is 4.04. The average Bonchev–Trinajstić information content (AvgIpc) is 3.46. The maximum atomic E-state index is 13.1. The van der Waals surface area contributed by atoms with Crippen LogP contribution in [0.15, 0.2) is 42.6 Å². The number of hydrogen-bond acceptors (Lipinski definition) is 7. The first-order valence-corrected chi connectivity index (χ1v) is 11.5. The summed E-state index contributed by atoms with van der Waals surface area (Å²) in [6, 6.07) is 10.7. The van der Waals surface area contributed by atoms with Gasteiger partial charge in [0.1, 0.15) is 5.65 Å². The highest BCUT2D eigenvalue weighted by atomic mass is 16.5. The lowest BCUT2D eigenvalue weighted by molar-refractivity contribution is 0.0580. The fourth-order valence-electron chi connectivity index (χ4n) is 4.23. The Labute approximate surface area is 198 Å². The van der Waals surface area contributed by atoms with E-state index in [4.69, 9.17) is 9.47 Å². The van der Waals surface area contributed by atoms with E-state index in [9.17, 15) is 14.7 Å². The predicted octanol–water partition coefficient (Wildman–Crippen LogP) is 3.44. The fourth-order valence-corrected chi connectivity index (χ4v) is 4.23. The SMILES string of the molecule is COC(=O)c1c(NC(=O)c2ccccc2)c2cc(N[C@@H](C)CCO)cnc2n1C[C@@H]1CCCO1. The molecule has 0 aliphatic carbocycles. The van der Waals surface area contributed by atoms with Crippen molar-refractivity contribution in [1.82, 2.24) is 9.55 Å². The van der Waals surface area contributed by atoms with Crippen LogP contribution in [-0.4, -0.2) is 59.0 Å². The first-order valence-electron chi connectivity index (χ1n) is 11.5. The summed E-state index contributed by atoms with van der Waals surface area (Å²) >= 11 is 0. The Morgan fingerprint density at radius 2 is 2.12 bits per heavy atom. The van der Waals surface area contributed by atoms with Crippen LogP contribution in [0.1, 0.15) is 47.0 Å². The molecule has 1 aliphatic rings. The van der Waals surface area contributed by atoms with E-state index in [1.165, 1.54) is 7.11 Å². The molecule has 3 N–H and O–H groups in total. The number of aliphatic hydroxyl groups is 1. The molecule has 0 spiro atoms. The van der Waals surface area contributed by atoms with Crippen LogP contribution in [0.5, 0.6) is 0 Å². The van der Waals surface area contributed by atoms with Crippen molar-refractivity contribution in [3.05, 3.63) is 53.9 Å². The topological polar surface area (TPSA) is 115 Å². The van der Waals surface area contributed by atoms with E-state index in [-0.39, 0.29) is 30.4 Å². The Morgan fingerprint density at radius 1 is 1.32 bits per heavy atom. The summed E-state index contributed by atoms with van der Waals surface area (Å²) in [5.41, 5.74) is 2.32. The maximum absolute atomic E-state index is 13.1. The summed E-state index contributed by atoms with van der Waals surface area (Å²) in [5.74, 6) is -0.906. The minimum Gasteiger partial charge on any atom is -0.464 e. The Bertz CT molecular complexity index is 1160. The highest BCUT2D eigenvalue weighted by molar-refractivity contribution is 6.14. The number of carbonyl (C=O) groups is 2. The van der Waals surface area contributed by atoms with E-state index in [1.807, 2.05) is 19.1 Å². The Hall–Kier alpha value is -3.43. The van der Waals surface area contributed by atoms with Gasteiger partial charge in [-0.05, 0) is 44.4 Å². The van der Waals surface area contributed by atoms with Crippen LogP contribution in [0.3, 0.4) is 0 Å². The number of nitrogens with one attached hydrogen (secondary N) is 2. The van der Waals surface area contributed by atoms with E-state index in [2.05, 4.69) is 15.6 Å². The van der Waals surface area contributed by atoms with Crippen molar-refractivity contribution in [3.8, 4) is 0 Å². The molecule has 1 amide bonds.